The van der Waals surface area contributed by atoms with Crippen molar-refractivity contribution in [1.29, 1.82) is 0 Å². The van der Waals surface area contributed by atoms with Crippen molar-refractivity contribution in [3.8, 4) is 0 Å². The molecule has 1 fully saturated rings. The fourth-order valence-corrected chi connectivity index (χ4v) is 3.06. The monoisotopic (exact) mass is 383 g/mol. The van der Waals surface area contributed by atoms with Gasteiger partial charge in [0.2, 0.25) is 5.91 Å². The molecule has 0 radical (unpaired) electrons. The molecule has 2 amide bonds. The maximum Gasteiger partial charge on any atom is 0.254 e. The summed E-state index contributed by atoms with van der Waals surface area (Å²) in [6.45, 7) is 7.08. The fraction of sp³-hybridized carbons (Fsp3) is 0.579. The Hall–Kier alpha value is -1.79. The third-order valence-corrected chi connectivity index (χ3v) is 4.61. The van der Waals surface area contributed by atoms with Gasteiger partial charge in [0.1, 0.15) is 0 Å². The average Bonchev–Trinajstić information content (AvgIpc) is 2.63. The van der Waals surface area contributed by atoms with E-state index in [4.69, 9.17) is 10.5 Å². The largest absolute Gasteiger partial charge is 0.399 e. The number of halogens is 1. The van der Waals surface area contributed by atoms with Crippen LogP contribution in [0, 0.1) is 12.8 Å². The van der Waals surface area contributed by atoms with E-state index in [1.165, 1.54) is 0 Å². The number of nitrogens with two attached hydrogens (primary N) is 1. The van der Waals surface area contributed by atoms with Gasteiger partial charge in [-0.05, 0) is 50.8 Å². The Morgan fingerprint density at radius 2 is 2.00 bits per heavy atom. The number of hydrogen-bond donors (Lipinski definition) is 2. The number of likely N-dealkylation sites (tertiary alicyclic amines) is 1. The van der Waals surface area contributed by atoms with Crippen LogP contribution < -0.4 is 11.1 Å². The standard InChI is InChI=1S/C19H29N3O3.ClH/c1-3-25-12-4-9-21-18(23)15-7-10-22(11-8-15)19(24)17-13-16(20)6-5-14(17)2;/h5-6,13,15H,3-4,7-12,20H2,1-2H3,(H,21,23);1H. The molecule has 6 nitrogen and oxygen atoms in total. The van der Waals surface area contributed by atoms with Crippen LogP contribution in [-0.4, -0.2) is 49.6 Å². The van der Waals surface area contributed by atoms with Gasteiger partial charge in [-0.15, -0.1) is 12.4 Å². The summed E-state index contributed by atoms with van der Waals surface area (Å²) in [4.78, 5) is 26.7. The van der Waals surface area contributed by atoms with Crippen LogP contribution in [0.1, 0.15) is 42.1 Å². The molecule has 0 spiro atoms. The van der Waals surface area contributed by atoms with Crippen LogP contribution in [-0.2, 0) is 9.53 Å². The van der Waals surface area contributed by atoms with Crippen molar-refractivity contribution in [2.45, 2.75) is 33.1 Å². The first-order valence-electron chi connectivity index (χ1n) is 9.03. The lowest BCUT2D eigenvalue weighted by Crippen LogP contribution is -2.43. The van der Waals surface area contributed by atoms with Crippen molar-refractivity contribution in [3.05, 3.63) is 29.3 Å². The highest BCUT2D eigenvalue weighted by atomic mass is 35.5. The van der Waals surface area contributed by atoms with Gasteiger partial charge in [0.25, 0.3) is 5.91 Å². The number of piperidine rings is 1. The van der Waals surface area contributed by atoms with Gasteiger partial charge in [-0.3, -0.25) is 9.59 Å². The molecule has 0 saturated carbocycles. The quantitative estimate of drug-likeness (QED) is 0.559. The van der Waals surface area contributed by atoms with Gasteiger partial charge >= 0.3 is 0 Å². The normalized spacial score (nSPS) is 14.6. The Labute approximate surface area is 161 Å². The molecule has 1 aliphatic heterocycles. The summed E-state index contributed by atoms with van der Waals surface area (Å²) < 4.78 is 5.26. The zero-order chi connectivity index (χ0) is 18.2. The van der Waals surface area contributed by atoms with E-state index in [0.29, 0.717) is 56.9 Å². The molecule has 1 heterocycles. The Morgan fingerprint density at radius 3 is 2.65 bits per heavy atom. The Morgan fingerprint density at radius 1 is 1.31 bits per heavy atom. The number of nitrogen functional groups attached to an aromatic ring is 1. The van der Waals surface area contributed by atoms with Crippen LogP contribution in [0.25, 0.3) is 0 Å². The summed E-state index contributed by atoms with van der Waals surface area (Å²) in [5.74, 6) is 0.0715. The van der Waals surface area contributed by atoms with Gasteiger partial charge in [0, 0.05) is 50.0 Å². The third-order valence-electron chi connectivity index (χ3n) is 4.61. The second-order valence-electron chi connectivity index (χ2n) is 6.48. The fourth-order valence-electron chi connectivity index (χ4n) is 3.06. The molecule has 146 valence electrons. The van der Waals surface area contributed by atoms with Crippen molar-refractivity contribution in [2.24, 2.45) is 5.92 Å². The molecule has 2 rings (SSSR count). The number of amides is 2. The zero-order valence-corrected chi connectivity index (χ0v) is 16.4. The van der Waals surface area contributed by atoms with Gasteiger partial charge in [-0.2, -0.15) is 0 Å². The first kappa shape index (κ1) is 22.3. The first-order chi connectivity index (χ1) is 12.0. The summed E-state index contributed by atoms with van der Waals surface area (Å²) >= 11 is 0. The molecular formula is C19H30ClN3O3. The molecule has 0 bridgehead atoms. The smallest absolute Gasteiger partial charge is 0.254 e. The number of hydrogen-bond acceptors (Lipinski definition) is 4. The van der Waals surface area contributed by atoms with E-state index in [-0.39, 0.29) is 30.1 Å². The summed E-state index contributed by atoms with van der Waals surface area (Å²) in [7, 11) is 0. The van der Waals surface area contributed by atoms with Crippen molar-refractivity contribution < 1.29 is 14.3 Å². The van der Waals surface area contributed by atoms with Gasteiger partial charge in [0.05, 0.1) is 0 Å². The Kier molecular flexibility index (Phi) is 9.44. The molecule has 0 aromatic heterocycles. The molecule has 0 unspecified atom stereocenters. The summed E-state index contributed by atoms with van der Waals surface area (Å²) in [6.07, 6.45) is 2.22. The highest BCUT2D eigenvalue weighted by Crippen LogP contribution is 2.21. The second-order valence-corrected chi connectivity index (χ2v) is 6.48. The molecule has 0 aliphatic carbocycles. The number of ether oxygens (including phenoxy) is 1. The van der Waals surface area contributed by atoms with Gasteiger partial charge in [-0.25, -0.2) is 0 Å². The predicted octanol–water partition coefficient (Wildman–Crippen LogP) is 2.39. The molecule has 1 aromatic rings. The molecule has 26 heavy (non-hydrogen) atoms. The molecule has 7 heteroatoms. The first-order valence-corrected chi connectivity index (χ1v) is 9.03. The lowest BCUT2D eigenvalue weighted by Gasteiger charge is -2.31. The van der Waals surface area contributed by atoms with Gasteiger partial charge in [0.15, 0.2) is 0 Å². The maximum absolute atomic E-state index is 12.7. The van der Waals surface area contributed by atoms with Crippen LogP contribution in [0.3, 0.4) is 0 Å². The molecule has 3 N–H and O–H groups in total. The number of rotatable bonds is 7. The maximum atomic E-state index is 12.7. The number of aryl methyl sites for hydroxylation is 1. The van der Waals surface area contributed by atoms with Crippen molar-refractivity contribution in [2.75, 3.05) is 38.6 Å². The minimum absolute atomic E-state index is 0. The van der Waals surface area contributed by atoms with E-state index in [0.717, 1.165) is 12.0 Å². The molecule has 1 saturated heterocycles. The Balaban J connectivity index is 0.00000338. The summed E-state index contributed by atoms with van der Waals surface area (Å²) in [5, 5.41) is 2.96. The number of carbonyl (C=O) groups excluding carboxylic acids is 2. The van der Waals surface area contributed by atoms with E-state index in [1.807, 2.05) is 24.8 Å². The number of nitrogens with one attached hydrogen (secondary N) is 1. The number of anilines is 1. The zero-order valence-electron chi connectivity index (χ0n) is 15.6. The number of nitrogens with zero attached hydrogens (tertiary/aromatic N) is 1. The van der Waals surface area contributed by atoms with E-state index in [1.54, 1.807) is 12.1 Å². The molecule has 0 atom stereocenters. The van der Waals surface area contributed by atoms with Gasteiger partial charge < -0.3 is 20.7 Å². The van der Waals surface area contributed by atoms with Crippen molar-refractivity contribution in [1.82, 2.24) is 10.2 Å². The minimum atomic E-state index is -0.0157. The van der Waals surface area contributed by atoms with Crippen LogP contribution in [0.2, 0.25) is 0 Å². The van der Waals surface area contributed by atoms with E-state index < -0.39 is 0 Å². The lowest BCUT2D eigenvalue weighted by atomic mass is 9.95. The SMILES string of the molecule is CCOCCCNC(=O)C1CCN(C(=O)c2cc(N)ccc2C)CC1.Cl. The van der Waals surface area contributed by atoms with E-state index in [9.17, 15) is 9.59 Å². The molecular weight excluding hydrogens is 354 g/mol. The second kappa shape index (κ2) is 11.0. The molecule has 1 aromatic carbocycles. The predicted molar refractivity (Wildman–Crippen MR) is 106 cm³/mol. The average molecular weight is 384 g/mol. The van der Waals surface area contributed by atoms with Crippen molar-refractivity contribution >= 4 is 29.9 Å². The van der Waals surface area contributed by atoms with Crippen LogP contribution in [0.15, 0.2) is 18.2 Å². The highest BCUT2D eigenvalue weighted by Gasteiger charge is 2.28. The van der Waals surface area contributed by atoms with E-state index in [2.05, 4.69) is 5.32 Å². The van der Waals surface area contributed by atoms with Crippen molar-refractivity contribution in [3.63, 3.8) is 0 Å². The van der Waals surface area contributed by atoms with Gasteiger partial charge in [-0.1, -0.05) is 6.07 Å². The van der Waals surface area contributed by atoms with Crippen LogP contribution in [0.5, 0.6) is 0 Å². The van der Waals surface area contributed by atoms with Crippen LogP contribution in [0.4, 0.5) is 5.69 Å². The minimum Gasteiger partial charge on any atom is -0.399 e. The number of benzene rings is 1. The molecule has 1 aliphatic rings. The van der Waals surface area contributed by atoms with E-state index >= 15 is 0 Å². The number of carbonyl (C=O) groups is 2. The topological polar surface area (TPSA) is 84.7 Å². The third kappa shape index (κ3) is 6.18. The highest BCUT2D eigenvalue weighted by molar-refractivity contribution is 5.96. The lowest BCUT2D eigenvalue weighted by molar-refractivity contribution is -0.126. The summed E-state index contributed by atoms with van der Waals surface area (Å²) in [5.41, 5.74) is 7.97. The van der Waals surface area contributed by atoms with Crippen LogP contribution >= 0.6 is 12.4 Å². The summed E-state index contributed by atoms with van der Waals surface area (Å²) in [6, 6.07) is 5.40. The Bertz CT molecular complexity index is 602.